The first-order chi connectivity index (χ1) is 17.1. The van der Waals surface area contributed by atoms with Crippen LogP contribution in [0.2, 0.25) is 0 Å². The van der Waals surface area contributed by atoms with Gasteiger partial charge in [-0.15, -0.1) is 0 Å². The number of hydrogen-bond acceptors (Lipinski definition) is 2. The van der Waals surface area contributed by atoms with Crippen LogP contribution in [-0.4, -0.2) is 0 Å². The van der Waals surface area contributed by atoms with E-state index in [0.29, 0.717) is 0 Å². The van der Waals surface area contributed by atoms with Crippen LogP contribution in [0.1, 0.15) is 25.0 Å². The highest BCUT2D eigenvalue weighted by Crippen LogP contribution is 2.53. The Labute approximate surface area is 205 Å². The average molecular weight is 452 g/mol. The summed E-state index contributed by atoms with van der Waals surface area (Å²) in [4.78, 5) is 2.33. The van der Waals surface area contributed by atoms with E-state index in [0.717, 1.165) is 28.2 Å². The molecule has 0 unspecified atom stereocenters. The van der Waals surface area contributed by atoms with Crippen LogP contribution in [0.3, 0.4) is 0 Å². The molecule has 0 saturated heterocycles. The summed E-state index contributed by atoms with van der Waals surface area (Å²) < 4.78 is 6.45. The SMILES string of the molecule is CC1(C)c2cc(N(c3ccccc3)c3ccccc3)ccc2-c2c1ccc1c2oc2ccccc21. The predicted molar refractivity (Wildman–Crippen MR) is 146 cm³/mol. The Morgan fingerprint density at radius 3 is 1.94 bits per heavy atom. The van der Waals surface area contributed by atoms with Crippen molar-refractivity contribution in [1.82, 2.24) is 0 Å². The van der Waals surface area contributed by atoms with E-state index in [4.69, 9.17) is 4.42 Å². The van der Waals surface area contributed by atoms with Gasteiger partial charge in [0.25, 0.3) is 0 Å². The molecule has 1 heterocycles. The Morgan fingerprint density at radius 1 is 0.571 bits per heavy atom. The van der Waals surface area contributed by atoms with E-state index in [1.165, 1.54) is 33.0 Å². The lowest BCUT2D eigenvalue weighted by molar-refractivity contribution is 0.653. The molecule has 6 aromatic rings. The average Bonchev–Trinajstić information content (AvgIpc) is 3.38. The van der Waals surface area contributed by atoms with Gasteiger partial charge in [-0.2, -0.15) is 0 Å². The summed E-state index contributed by atoms with van der Waals surface area (Å²) in [6.07, 6.45) is 0. The molecule has 1 aliphatic carbocycles. The normalized spacial score (nSPS) is 13.7. The molecule has 0 spiro atoms. The van der Waals surface area contributed by atoms with Crippen LogP contribution in [0.4, 0.5) is 17.1 Å². The molecular weight excluding hydrogens is 426 g/mol. The molecule has 0 amide bonds. The Bertz CT molecular complexity index is 1670. The summed E-state index contributed by atoms with van der Waals surface area (Å²) >= 11 is 0. The van der Waals surface area contributed by atoms with Crippen LogP contribution >= 0.6 is 0 Å². The van der Waals surface area contributed by atoms with Crippen molar-refractivity contribution in [2.24, 2.45) is 0 Å². The fourth-order valence-corrected chi connectivity index (χ4v) is 5.73. The second-order valence-corrected chi connectivity index (χ2v) is 9.82. The van der Waals surface area contributed by atoms with Crippen molar-refractivity contribution in [2.75, 3.05) is 4.90 Å². The molecule has 1 aromatic heterocycles. The van der Waals surface area contributed by atoms with Crippen LogP contribution in [0.5, 0.6) is 0 Å². The minimum atomic E-state index is -0.132. The molecule has 0 aliphatic heterocycles. The van der Waals surface area contributed by atoms with Gasteiger partial charge < -0.3 is 9.32 Å². The first-order valence-electron chi connectivity index (χ1n) is 12.1. The summed E-state index contributed by atoms with van der Waals surface area (Å²) in [6, 6.07) is 40.9. The zero-order chi connectivity index (χ0) is 23.6. The van der Waals surface area contributed by atoms with Gasteiger partial charge in [0.15, 0.2) is 0 Å². The molecule has 1 aliphatic rings. The lowest BCUT2D eigenvalue weighted by atomic mass is 9.82. The van der Waals surface area contributed by atoms with Gasteiger partial charge in [-0.25, -0.2) is 0 Å². The number of nitrogens with zero attached hydrogens (tertiary/aromatic N) is 1. The number of furan rings is 1. The van der Waals surface area contributed by atoms with Gasteiger partial charge >= 0.3 is 0 Å². The fourth-order valence-electron chi connectivity index (χ4n) is 5.73. The molecule has 0 bridgehead atoms. The largest absolute Gasteiger partial charge is 0.455 e. The van der Waals surface area contributed by atoms with E-state index in [1.54, 1.807) is 0 Å². The van der Waals surface area contributed by atoms with Crippen molar-refractivity contribution in [3.05, 3.63) is 126 Å². The number of rotatable bonds is 3. The second kappa shape index (κ2) is 7.35. The van der Waals surface area contributed by atoms with Gasteiger partial charge in [-0.05, 0) is 59.2 Å². The second-order valence-electron chi connectivity index (χ2n) is 9.82. The standard InChI is InChI=1S/C33H25NO/c1-33(2)28-20-19-26-25-15-9-10-16-30(25)35-32(26)31(28)27-18-17-24(21-29(27)33)34(22-11-5-3-6-12-22)23-13-7-4-8-14-23/h3-21H,1-2H3. The van der Waals surface area contributed by atoms with Crippen LogP contribution in [0.15, 0.2) is 120 Å². The van der Waals surface area contributed by atoms with E-state index >= 15 is 0 Å². The first-order valence-corrected chi connectivity index (χ1v) is 12.1. The van der Waals surface area contributed by atoms with Crippen LogP contribution < -0.4 is 4.90 Å². The van der Waals surface area contributed by atoms with E-state index < -0.39 is 0 Å². The Hall–Kier alpha value is -4.30. The Balaban J connectivity index is 1.46. The van der Waals surface area contributed by atoms with Gasteiger partial charge in [-0.1, -0.05) is 86.6 Å². The van der Waals surface area contributed by atoms with E-state index in [2.05, 4.69) is 128 Å². The molecular formula is C33H25NO. The zero-order valence-corrected chi connectivity index (χ0v) is 19.8. The summed E-state index contributed by atoms with van der Waals surface area (Å²) in [7, 11) is 0. The van der Waals surface area contributed by atoms with E-state index in [9.17, 15) is 0 Å². The smallest absolute Gasteiger partial charge is 0.143 e. The van der Waals surface area contributed by atoms with E-state index in [-0.39, 0.29) is 5.41 Å². The van der Waals surface area contributed by atoms with Gasteiger partial charge in [0, 0.05) is 38.8 Å². The maximum absolute atomic E-state index is 6.45. The molecule has 35 heavy (non-hydrogen) atoms. The molecule has 2 heteroatoms. The lowest BCUT2D eigenvalue weighted by Gasteiger charge is -2.28. The summed E-state index contributed by atoms with van der Waals surface area (Å²) in [6.45, 7) is 4.65. The van der Waals surface area contributed by atoms with Crippen molar-refractivity contribution < 1.29 is 4.42 Å². The van der Waals surface area contributed by atoms with Gasteiger partial charge in [-0.3, -0.25) is 0 Å². The van der Waals surface area contributed by atoms with Crippen molar-refractivity contribution in [3.8, 4) is 11.1 Å². The maximum Gasteiger partial charge on any atom is 0.143 e. The number of hydrogen-bond donors (Lipinski definition) is 0. The molecule has 2 nitrogen and oxygen atoms in total. The summed E-state index contributed by atoms with van der Waals surface area (Å²) in [5, 5.41) is 2.36. The lowest BCUT2D eigenvalue weighted by Crippen LogP contribution is -2.16. The third-order valence-corrected chi connectivity index (χ3v) is 7.45. The maximum atomic E-state index is 6.45. The molecule has 168 valence electrons. The fraction of sp³-hybridized carbons (Fsp3) is 0.0909. The molecule has 0 radical (unpaired) electrons. The third kappa shape index (κ3) is 2.90. The minimum Gasteiger partial charge on any atom is -0.455 e. The van der Waals surface area contributed by atoms with Crippen LogP contribution in [0.25, 0.3) is 33.1 Å². The summed E-state index contributed by atoms with van der Waals surface area (Å²) in [5.74, 6) is 0. The highest BCUT2D eigenvalue weighted by Gasteiger charge is 2.38. The molecule has 0 N–H and O–H groups in total. The molecule has 0 saturated carbocycles. The van der Waals surface area contributed by atoms with Crippen LogP contribution in [0, 0.1) is 0 Å². The Morgan fingerprint density at radius 2 is 1.23 bits per heavy atom. The molecule has 0 atom stereocenters. The monoisotopic (exact) mass is 451 g/mol. The van der Waals surface area contributed by atoms with Crippen molar-refractivity contribution in [1.29, 1.82) is 0 Å². The van der Waals surface area contributed by atoms with Crippen molar-refractivity contribution in [3.63, 3.8) is 0 Å². The quantitative estimate of drug-likeness (QED) is 0.266. The molecule has 7 rings (SSSR count). The molecule has 0 fully saturated rings. The first kappa shape index (κ1) is 20.1. The van der Waals surface area contributed by atoms with E-state index in [1.807, 2.05) is 6.07 Å². The Kier molecular flexibility index (Phi) is 4.22. The number of fused-ring (bicyclic) bond motifs is 7. The minimum absolute atomic E-state index is 0.132. The van der Waals surface area contributed by atoms with Crippen molar-refractivity contribution >= 4 is 39.0 Å². The van der Waals surface area contributed by atoms with Gasteiger partial charge in [0.05, 0.1) is 0 Å². The van der Waals surface area contributed by atoms with Crippen LogP contribution in [-0.2, 0) is 5.41 Å². The number of para-hydroxylation sites is 3. The number of benzene rings is 5. The summed E-state index contributed by atoms with van der Waals surface area (Å²) in [5.41, 5.74) is 10.4. The third-order valence-electron chi connectivity index (χ3n) is 7.45. The molecule has 5 aromatic carbocycles. The highest BCUT2D eigenvalue weighted by atomic mass is 16.3. The highest BCUT2D eigenvalue weighted by molar-refractivity contribution is 6.11. The topological polar surface area (TPSA) is 16.4 Å². The van der Waals surface area contributed by atoms with Crippen molar-refractivity contribution in [2.45, 2.75) is 19.3 Å². The van der Waals surface area contributed by atoms with Gasteiger partial charge in [0.2, 0.25) is 0 Å². The number of anilines is 3. The zero-order valence-electron chi connectivity index (χ0n) is 19.8. The van der Waals surface area contributed by atoms with Gasteiger partial charge in [0.1, 0.15) is 11.2 Å². The predicted octanol–water partition coefficient (Wildman–Crippen LogP) is 9.36.